The second-order valence-corrected chi connectivity index (χ2v) is 3.89. The Labute approximate surface area is 97.9 Å². The van der Waals surface area contributed by atoms with Crippen molar-refractivity contribution in [1.82, 2.24) is 5.32 Å². The Balaban J connectivity index is 2.42. The number of carbonyl (C=O) groups excluding carboxylic acids is 1. The number of nitrogens with one attached hydrogen (secondary N) is 1. The predicted molar refractivity (Wildman–Crippen MR) is 64.1 cm³/mol. The van der Waals surface area contributed by atoms with Gasteiger partial charge in [0.15, 0.2) is 0 Å². The SMILES string of the molecule is CSc1ccc(CNC(=O)CN=[N+]=[N-])cc1. The third-order valence-electron chi connectivity index (χ3n) is 1.93. The highest BCUT2D eigenvalue weighted by Crippen LogP contribution is 2.14. The first kappa shape index (κ1) is 12.4. The topological polar surface area (TPSA) is 77.9 Å². The van der Waals surface area contributed by atoms with Gasteiger partial charge in [0, 0.05) is 16.4 Å². The van der Waals surface area contributed by atoms with Gasteiger partial charge in [0.1, 0.15) is 6.54 Å². The van der Waals surface area contributed by atoms with E-state index in [1.165, 1.54) is 4.90 Å². The van der Waals surface area contributed by atoms with Gasteiger partial charge in [-0.2, -0.15) is 0 Å². The first-order chi connectivity index (χ1) is 7.76. The Hall–Kier alpha value is -1.65. The van der Waals surface area contributed by atoms with E-state index in [-0.39, 0.29) is 12.5 Å². The molecule has 0 aliphatic rings. The summed E-state index contributed by atoms with van der Waals surface area (Å²) in [4.78, 5) is 14.8. The average Bonchev–Trinajstić information content (AvgIpc) is 2.34. The maximum Gasteiger partial charge on any atom is 0.226 e. The Kier molecular flexibility index (Phi) is 5.25. The lowest BCUT2D eigenvalue weighted by Crippen LogP contribution is -2.24. The number of carbonyl (C=O) groups is 1. The fourth-order valence-corrected chi connectivity index (χ4v) is 1.50. The molecule has 1 rings (SSSR count). The van der Waals surface area contributed by atoms with Crippen molar-refractivity contribution in [3.63, 3.8) is 0 Å². The fourth-order valence-electron chi connectivity index (χ4n) is 1.10. The summed E-state index contributed by atoms with van der Waals surface area (Å²) in [5.41, 5.74) is 9.05. The number of rotatable bonds is 5. The minimum atomic E-state index is -0.272. The van der Waals surface area contributed by atoms with Gasteiger partial charge in [-0.15, -0.1) is 11.8 Å². The molecule has 1 aromatic rings. The van der Waals surface area contributed by atoms with Gasteiger partial charge in [0.05, 0.1) is 0 Å². The van der Waals surface area contributed by atoms with Crippen molar-refractivity contribution >= 4 is 17.7 Å². The molecule has 0 aliphatic carbocycles. The second kappa shape index (κ2) is 6.76. The van der Waals surface area contributed by atoms with Crippen molar-refractivity contribution in [3.8, 4) is 0 Å². The lowest BCUT2D eigenvalue weighted by atomic mass is 10.2. The number of hydrogen-bond donors (Lipinski definition) is 1. The van der Waals surface area contributed by atoms with Crippen molar-refractivity contribution in [2.24, 2.45) is 5.11 Å². The van der Waals surface area contributed by atoms with Crippen LogP contribution < -0.4 is 5.32 Å². The smallest absolute Gasteiger partial charge is 0.226 e. The van der Waals surface area contributed by atoms with Crippen LogP contribution in [0.4, 0.5) is 0 Å². The average molecular weight is 236 g/mol. The van der Waals surface area contributed by atoms with Crippen LogP contribution in [0.5, 0.6) is 0 Å². The zero-order valence-corrected chi connectivity index (χ0v) is 9.70. The summed E-state index contributed by atoms with van der Waals surface area (Å²) >= 11 is 1.67. The van der Waals surface area contributed by atoms with E-state index in [9.17, 15) is 4.79 Å². The van der Waals surface area contributed by atoms with Crippen molar-refractivity contribution in [3.05, 3.63) is 40.3 Å². The summed E-state index contributed by atoms with van der Waals surface area (Å²) in [7, 11) is 0. The third kappa shape index (κ3) is 4.25. The summed E-state index contributed by atoms with van der Waals surface area (Å²) in [5.74, 6) is -0.272. The molecule has 1 amide bonds. The van der Waals surface area contributed by atoms with E-state index in [0.717, 1.165) is 5.56 Å². The first-order valence-corrected chi connectivity index (χ1v) is 5.89. The summed E-state index contributed by atoms with van der Waals surface area (Å²) in [6.45, 7) is 0.299. The van der Waals surface area contributed by atoms with E-state index in [4.69, 9.17) is 5.53 Å². The third-order valence-corrected chi connectivity index (χ3v) is 2.67. The van der Waals surface area contributed by atoms with Crippen LogP contribution in [0.3, 0.4) is 0 Å². The molecule has 1 N–H and O–H groups in total. The lowest BCUT2D eigenvalue weighted by Gasteiger charge is -2.04. The molecular weight excluding hydrogens is 224 g/mol. The van der Waals surface area contributed by atoms with Crippen LogP contribution in [-0.4, -0.2) is 18.7 Å². The van der Waals surface area contributed by atoms with Gasteiger partial charge in [0.25, 0.3) is 0 Å². The van der Waals surface area contributed by atoms with E-state index in [1.807, 2.05) is 30.5 Å². The molecule has 0 atom stereocenters. The number of benzene rings is 1. The molecule has 0 radical (unpaired) electrons. The Morgan fingerprint density at radius 3 is 2.75 bits per heavy atom. The van der Waals surface area contributed by atoms with E-state index >= 15 is 0 Å². The molecule has 0 bridgehead atoms. The lowest BCUT2D eigenvalue weighted by molar-refractivity contribution is -0.119. The van der Waals surface area contributed by atoms with Crippen molar-refractivity contribution in [2.45, 2.75) is 11.4 Å². The molecule has 0 unspecified atom stereocenters. The largest absolute Gasteiger partial charge is 0.352 e. The number of hydrogen-bond acceptors (Lipinski definition) is 3. The molecule has 0 aromatic heterocycles. The zero-order valence-electron chi connectivity index (χ0n) is 8.88. The molecule has 5 nitrogen and oxygen atoms in total. The number of azide groups is 1. The number of thioether (sulfide) groups is 1. The summed E-state index contributed by atoms with van der Waals surface area (Å²) < 4.78 is 0. The summed E-state index contributed by atoms with van der Waals surface area (Å²) in [5, 5.41) is 5.84. The molecule has 0 spiro atoms. The Bertz CT molecular complexity index is 398. The van der Waals surface area contributed by atoms with Crippen molar-refractivity contribution < 1.29 is 4.79 Å². The Morgan fingerprint density at radius 1 is 1.50 bits per heavy atom. The highest BCUT2D eigenvalue weighted by atomic mass is 32.2. The zero-order chi connectivity index (χ0) is 11.8. The molecule has 0 saturated heterocycles. The molecule has 1 aromatic carbocycles. The molecule has 0 heterocycles. The van der Waals surface area contributed by atoms with Gasteiger partial charge in [0.2, 0.25) is 5.91 Å². The van der Waals surface area contributed by atoms with Gasteiger partial charge in [-0.1, -0.05) is 17.2 Å². The highest BCUT2D eigenvalue weighted by molar-refractivity contribution is 7.98. The van der Waals surface area contributed by atoms with Crippen LogP contribution in [0.25, 0.3) is 10.4 Å². The monoisotopic (exact) mass is 236 g/mol. The minimum Gasteiger partial charge on any atom is -0.352 e. The van der Waals surface area contributed by atoms with Gasteiger partial charge in [-0.05, 0) is 29.5 Å². The van der Waals surface area contributed by atoms with Crippen LogP contribution >= 0.6 is 11.8 Å². The summed E-state index contributed by atoms with van der Waals surface area (Å²) in [6.07, 6.45) is 2.01. The first-order valence-electron chi connectivity index (χ1n) is 4.66. The highest BCUT2D eigenvalue weighted by Gasteiger charge is 1.99. The standard InChI is InChI=1S/C10H12N4OS/c1-16-9-4-2-8(3-5-9)6-12-10(15)7-13-14-11/h2-5H,6-7H2,1H3,(H,12,15). The van der Waals surface area contributed by atoms with Gasteiger partial charge < -0.3 is 5.32 Å². The van der Waals surface area contributed by atoms with E-state index in [2.05, 4.69) is 15.3 Å². The van der Waals surface area contributed by atoms with E-state index in [0.29, 0.717) is 6.54 Å². The van der Waals surface area contributed by atoms with E-state index < -0.39 is 0 Å². The quantitative estimate of drug-likeness (QED) is 0.368. The van der Waals surface area contributed by atoms with Gasteiger partial charge in [-0.25, -0.2) is 0 Å². The molecule has 16 heavy (non-hydrogen) atoms. The molecular formula is C10H12N4OS. The van der Waals surface area contributed by atoms with Crippen molar-refractivity contribution in [1.29, 1.82) is 0 Å². The minimum absolute atomic E-state index is 0.153. The molecule has 0 aliphatic heterocycles. The van der Waals surface area contributed by atoms with Crippen molar-refractivity contribution in [2.75, 3.05) is 12.8 Å². The molecule has 6 heteroatoms. The predicted octanol–water partition coefficient (Wildman–Crippen LogP) is 2.33. The van der Waals surface area contributed by atoms with Crippen LogP contribution in [0.15, 0.2) is 34.3 Å². The fraction of sp³-hybridized carbons (Fsp3) is 0.300. The van der Waals surface area contributed by atoms with E-state index in [1.54, 1.807) is 11.8 Å². The van der Waals surface area contributed by atoms with Crippen LogP contribution in [-0.2, 0) is 11.3 Å². The summed E-state index contributed by atoms with van der Waals surface area (Å²) in [6, 6.07) is 7.92. The maximum atomic E-state index is 11.1. The second-order valence-electron chi connectivity index (χ2n) is 3.01. The van der Waals surface area contributed by atoms with Gasteiger partial charge in [-0.3, -0.25) is 4.79 Å². The maximum absolute atomic E-state index is 11.1. The van der Waals surface area contributed by atoms with Crippen LogP contribution in [0.2, 0.25) is 0 Å². The molecule has 0 saturated carbocycles. The van der Waals surface area contributed by atoms with Crippen LogP contribution in [0, 0.1) is 0 Å². The Morgan fingerprint density at radius 2 is 2.19 bits per heavy atom. The van der Waals surface area contributed by atoms with Crippen LogP contribution in [0.1, 0.15) is 5.56 Å². The normalized spacial score (nSPS) is 9.31. The van der Waals surface area contributed by atoms with Gasteiger partial charge >= 0.3 is 0 Å². The molecule has 84 valence electrons. The molecule has 0 fully saturated rings. The number of amides is 1. The number of nitrogens with zero attached hydrogens (tertiary/aromatic N) is 3.